The Bertz CT molecular complexity index is 825. The van der Waals surface area contributed by atoms with Gasteiger partial charge in [-0.25, -0.2) is 0 Å². The molecule has 3 rings (SSSR count). The van der Waals surface area contributed by atoms with E-state index in [2.05, 4.69) is 5.32 Å². The number of carbonyl (C=O) groups is 1. The summed E-state index contributed by atoms with van der Waals surface area (Å²) in [6, 6.07) is 21.4. The van der Waals surface area contributed by atoms with E-state index in [1.165, 1.54) is 0 Å². The summed E-state index contributed by atoms with van der Waals surface area (Å²) in [5, 5.41) is 5.69. The molecular formula is C20H18ClNO2. The summed E-state index contributed by atoms with van der Waals surface area (Å²) in [7, 11) is 0. The Kier molecular flexibility index (Phi) is 5.34. The number of carbonyl (C=O) groups excluding carboxylic acids is 1. The molecule has 0 aliphatic heterocycles. The molecular weight excluding hydrogens is 322 g/mol. The Labute approximate surface area is 146 Å². The molecule has 0 atom stereocenters. The van der Waals surface area contributed by atoms with Gasteiger partial charge in [0, 0.05) is 17.0 Å². The van der Waals surface area contributed by atoms with Crippen molar-refractivity contribution in [2.45, 2.75) is 6.42 Å². The van der Waals surface area contributed by atoms with Gasteiger partial charge in [-0.2, -0.15) is 0 Å². The van der Waals surface area contributed by atoms with E-state index < -0.39 is 0 Å². The number of nitrogens with one attached hydrogen (secondary N) is 1. The average Bonchev–Trinajstić information content (AvgIpc) is 2.61. The van der Waals surface area contributed by atoms with E-state index in [0.717, 1.165) is 28.5 Å². The van der Waals surface area contributed by atoms with Gasteiger partial charge in [0.2, 0.25) is 0 Å². The minimum atomic E-state index is -0.128. The van der Waals surface area contributed by atoms with Crippen molar-refractivity contribution >= 4 is 28.3 Å². The molecule has 0 unspecified atom stereocenters. The second-order valence-corrected chi connectivity index (χ2v) is 5.93. The number of hydrogen-bond acceptors (Lipinski definition) is 2. The van der Waals surface area contributed by atoms with E-state index >= 15 is 0 Å². The molecule has 0 heterocycles. The Morgan fingerprint density at radius 2 is 1.71 bits per heavy atom. The highest BCUT2D eigenvalue weighted by Crippen LogP contribution is 2.24. The first kappa shape index (κ1) is 16.3. The van der Waals surface area contributed by atoms with E-state index in [1.54, 1.807) is 0 Å². The van der Waals surface area contributed by atoms with E-state index in [1.807, 2.05) is 66.7 Å². The van der Waals surface area contributed by atoms with Crippen LogP contribution in [-0.2, 0) is 11.2 Å². The number of fused-ring (bicyclic) bond motifs is 1. The zero-order chi connectivity index (χ0) is 16.8. The van der Waals surface area contributed by atoms with Crippen LogP contribution in [0.3, 0.4) is 0 Å². The minimum absolute atomic E-state index is 0.00856. The van der Waals surface area contributed by atoms with Gasteiger partial charge in [0.1, 0.15) is 5.75 Å². The lowest BCUT2D eigenvalue weighted by Gasteiger charge is -2.10. The maximum Gasteiger partial charge on any atom is 0.257 e. The van der Waals surface area contributed by atoms with Gasteiger partial charge < -0.3 is 10.1 Å². The lowest BCUT2D eigenvalue weighted by atomic mass is 10.1. The maximum absolute atomic E-state index is 11.9. The SMILES string of the molecule is O=C(COc1cccc2ccccc12)NCCc1ccc(Cl)cc1. The molecule has 3 aromatic carbocycles. The van der Waals surface area contributed by atoms with Crippen LogP contribution in [0.1, 0.15) is 5.56 Å². The van der Waals surface area contributed by atoms with Gasteiger partial charge in [-0.1, -0.05) is 60.1 Å². The second kappa shape index (κ2) is 7.84. The van der Waals surface area contributed by atoms with Gasteiger partial charge in [-0.05, 0) is 35.6 Å². The number of hydrogen-bond donors (Lipinski definition) is 1. The van der Waals surface area contributed by atoms with E-state index in [9.17, 15) is 4.79 Å². The molecule has 0 fully saturated rings. The van der Waals surface area contributed by atoms with Gasteiger partial charge in [0.05, 0.1) is 0 Å². The predicted molar refractivity (Wildman–Crippen MR) is 97.6 cm³/mol. The van der Waals surface area contributed by atoms with Crippen LogP contribution in [0, 0.1) is 0 Å². The van der Waals surface area contributed by atoms with Crippen LogP contribution >= 0.6 is 11.6 Å². The molecule has 0 saturated carbocycles. The molecule has 1 N–H and O–H groups in total. The molecule has 3 aromatic rings. The van der Waals surface area contributed by atoms with Crippen LogP contribution in [0.4, 0.5) is 0 Å². The highest BCUT2D eigenvalue weighted by Gasteiger charge is 2.05. The van der Waals surface area contributed by atoms with E-state index in [-0.39, 0.29) is 12.5 Å². The largest absolute Gasteiger partial charge is 0.483 e. The Balaban J connectivity index is 1.49. The van der Waals surface area contributed by atoms with Gasteiger partial charge in [-0.3, -0.25) is 4.79 Å². The van der Waals surface area contributed by atoms with Crippen molar-refractivity contribution in [3.8, 4) is 5.75 Å². The third kappa shape index (κ3) is 4.27. The Morgan fingerprint density at radius 3 is 2.54 bits per heavy atom. The van der Waals surface area contributed by atoms with Crippen molar-refractivity contribution in [2.75, 3.05) is 13.2 Å². The summed E-state index contributed by atoms with van der Waals surface area (Å²) < 4.78 is 5.67. The van der Waals surface area contributed by atoms with Crippen LogP contribution in [0.25, 0.3) is 10.8 Å². The monoisotopic (exact) mass is 339 g/mol. The van der Waals surface area contributed by atoms with Crippen LogP contribution in [0.5, 0.6) is 5.75 Å². The summed E-state index contributed by atoms with van der Waals surface area (Å²) in [5.41, 5.74) is 1.13. The maximum atomic E-state index is 11.9. The summed E-state index contributed by atoms with van der Waals surface area (Å²) in [5.74, 6) is 0.595. The number of halogens is 1. The highest BCUT2D eigenvalue weighted by atomic mass is 35.5. The Hall–Kier alpha value is -2.52. The van der Waals surface area contributed by atoms with Gasteiger partial charge in [0.25, 0.3) is 5.91 Å². The number of rotatable bonds is 6. The average molecular weight is 340 g/mol. The molecule has 122 valence electrons. The lowest BCUT2D eigenvalue weighted by molar-refractivity contribution is -0.123. The van der Waals surface area contributed by atoms with Crippen LogP contribution < -0.4 is 10.1 Å². The minimum Gasteiger partial charge on any atom is -0.483 e. The molecule has 0 bridgehead atoms. The van der Waals surface area contributed by atoms with Gasteiger partial charge in [-0.15, -0.1) is 0 Å². The fraction of sp³-hybridized carbons (Fsp3) is 0.150. The van der Waals surface area contributed by atoms with Crippen molar-refractivity contribution in [2.24, 2.45) is 0 Å². The molecule has 24 heavy (non-hydrogen) atoms. The smallest absolute Gasteiger partial charge is 0.257 e. The third-order valence-corrected chi connectivity index (χ3v) is 4.01. The van der Waals surface area contributed by atoms with Crippen molar-refractivity contribution in [1.29, 1.82) is 0 Å². The molecule has 0 aliphatic rings. The molecule has 0 radical (unpaired) electrons. The van der Waals surface area contributed by atoms with Crippen LogP contribution in [0.15, 0.2) is 66.7 Å². The molecule has 3 nitrogen and oxygen atoms in total. The van der Waals surface area contributed by atoms with E-state index in [0.29, 0.717) is 11.6 Å². The highest BCUT2D eigenvalue weighted by molar-refractivity contribution is 6.30. The van der Waals surface area contributed by atoms with Crippen LogP contribution in [0.2, 0.25) is 5.02 Å². The topological polar surface area (TPSA) is 38.3 Å². The summed E-state index contributed by atoms with van der Waals surface area (Å²) in [6.45, 7) is 0.577. The first-order valence-electron chi connectivity index (χ1n) is 7.84. The van der Waals surface area contributed by atoms with Crippen molar-refractivity contribution < 1.29 is 9.53 Å². The van der Waals surface area contributed by atoms with Crippen molar-refractivity contribution in [3.63, 3.8) is 0 Å². The molecule has 4 heteroatoms. The normalized spacial score (nSPS) is 10.5. The first-order chi connectivity index (χ1) is 11.7. The summed E-state index contributed by atoms with van der Waals surface area (Å²) in [4.78, 5) is 11.9. The Morgan fingerprint density at radius 1 is 0.958 bits per heavy atom. The standard InChI is InChI=1S/C20H18ClNO2/c21-17-10-8-15(9-11-17)12-13-22-20(23)14-24-19-7-3-5-16-4-1-2-6-18(16)19/h1-11H,12-14H2,(H,22,23). The van der Waals surface area contributed by atoms with Gasteiger partial charge in [0.15, 0.2) is 6.61 Å². The molecule has 1 amide bonds. The zero-order valence-corrected chi connectivity index (χ0v) is 13.9. The zero-order valence-electron chi connectivity index (χ0n) is 13.2. The van der Waals surface area contributed by atoms with Crippen molar-refractivity contribution in [1.82, 2.24) is 5.32 Å². The molecule has 0 aromatic heterocycles. The van der Waals surface area contributed by atoms with E-state index in [4.69, 9.17) is 16.3 Å². The fourth-order valence-corrected chi connectivity index (χ4v) is 2.64. The lowest BCUT2D eigenvalue weighted by Crippen LogP contribution is -2.30. The second-order valence-electron chi connectivity index (χ2n) is 5.49. The first-order valence-corrected chi connectivity index (χ1v) is 8.22. The molecule has 0 aliphatic carbocycles. The third-order valence-electron chi connectivity index (χ3n) is 3.76. The molecule has 0 saturated heterocycles. The summed E-state index contributed by atoms with van der Waals surface area (Å²) >= 11 is 5.85. The van der Waals surface area contributed by atoms with Gasteiger partial charge >= 0.3 is 0 Å². The predicted octanol–water partition coefficient (Wildman–Crippen LogP) is 4.23. The summed E-state index contributed by atoms with van der Waals surface area (Å²) in [6.07, 6.45) is 0.761. The van der Waals surface area contributed by atoms with Crippen molar-refractivity contribution in [3.05, 3.63) is 77.3 Å². The molecule has 0 spiro atoms. The number of ether oxygens (including phenoxy) is 1. The fourth-order valence-electron chi connectivity index (χ4n) is 2.51. The van der Waals surface area contributed by atoms with Crippen LogP contribution in [-0.4, -0.2) is 19.1 Å². The quantitative estimate of drug-likeness (QED) is 0.729. The number of amides is 1. The number of benzene rings is 3.